The number of aliphatic hydroxyl groups is 1. The third-order valence-corrected chi connectivity index (χ3v) is 2.77. The average Bonchev–Trinajstić information content (AvgIpc) is 2.25. The summed E-state index contributed by atoms with van der Waals surface area (Å²) in [5.41, 5.74) is 0.437. The Morgan fingerprint density at radius 3 is 2.44 bits per heavy atom. The molecule has 0 aliphatic carbocycles. The number of hydrogen-bond donors (Lipinski definition) is 2. The molecule has 1 unspecified atom stereocenters. The molecule has 0 aromatic heterocycles. The highest BCUT2D eigenvalue weighted by Crippen LogP contribution is 2.15. The highest BCUT2D eigenvalue weighted by atomic mass is 16.4. The molecule has 16 heavy (non-hydrogen) atoms. The lowest BCUT2D eigenvalue weighted by Gasteiger charge is -2.08. The molecule has 0 heterocycles. The fourth-order valence-corrected chi connectivity index (χ4v) is 1.54. The van der Waals surface area contributed by atoms with Crippen molar-refractivity contribution < 1.29 is 15.0 Å². The summed E-state index contributed by atoms with van der Waals surface area (Å²) in [6.07, 6.45) is 8.10. The van der Waals surface area contributed by atoms with Crippen LogP contribution in [0.1, 0.15) is 52.4 Å². The van der Waals surface area contributed by atoms with Gasteiger partial charge in [-0.05, 0) is 25.7 Å². The summed E-state index contributed by atoms with van der Waals surface area (Å²) in [6, 6.07) is 0. The molecular weight excluding hydrogens is 204 g/mol. The highest BCUT2D eigenvalue weighted by Gasteiger charge is 2.03. The predicted molar refractivity (Wildman–Crippen MR) is 65.3 cm³/mol. The van der Waals surface area contributed by atoms with E-state index in [1.807, 2.05) is 0 Å². The van der Waals surface area contributed by atoms with Crippen molar-refractivity contribution in [3.63, 3.8) is 0 Å². The van der Waals surface area contributed by atoms with Crippen LogP contribution >= 0.6 is 0 Å². The van der Waals surface area contributed by atoms with Crippen molar-refractivity contribution >= 4 is 5.97 Å². The Morgan fingerprint density at radius 1 is 1.25 bits per heavy atom. The molecule has 0 saturated heterocycles. The molecule has 0 aromatic carbocycles. The summed E-state index contributed by atoms with van der Waals surface area (Å²) in [5.74, 6) is -0.279. The van der Waals surface area contributed by atoms with E-state index in [4.69, 9.17) is 10.2 Å². The maximum atomic E-state index is 10.6. The van der Waals surface area contributed by atoms with Gasteiger partial charge in [-0.2, -0.15) is 0 Å². The van der Waals surface area contributed by atoms with E-state index in [-0.39, 0.29) is 6.61 Å². The Balaban J connectivity index is 3.55. The van der Waals surface area contributed by atoms with E-state index in [2.05, 4.69) is 6.92 Å². The van der Waals surface area contributed by atoms with Gasteiger partial charge in [-0.25, -0.2) is 4.79 Å². The van der Waals surface area contributed by atoms with Crippen LogP contribution < -0.4 is 0 Å². The Bertz CT molecular complexity index is 221. The largest absolute Gasteiger partial charge is 0.478 e. The van der Waals surface area contributed by atoms with Crippen LogP contribution in [0.4, 0.5) is 0 Å². The fraction of sp³-hybridized carbons (Fsp3) is 0.769. The molecule has 94 valence electrons. The number of hydrogen-bond acceptors (Lipinski definition) is 2. The van der Waals surface area contributed by atoms with Gasteiger partial charge >= 0.3 is 5.97 Å². The van der Waals surface area contributed by atoms with Crippen LogP contribution in [0.25, 0.3) is 0 Å². The molecule has 0 amide bonds. The van der Waals surface area contributed by atoms with Gasteiger partial charge in [-0.3, -0.25) is 0 Å². The van der Waals surface area contributed by atoms with Gasteiger partial charge in [-0.15, -0.1) is 0 Å². The average molecular weight is 228 g/mol. The Hall–Kier alpha value is -0.830. The van der Waals surface area contributed by atoms with Crippen molar-refractivity contribution in [2.75, 3.05) is 6.61 Å². The Morgan fingerprint density at radius 2 is 1.88 bits per heavy atom. The second-order valence-corrected chi connectivity index (χ2v) is 4.46. The predicted octanol–water partition coefficient (Wildman–Crippen LogP) is 2.99. The fourth-order valence-electron chi connectivity index (χ4n) is 1.54. The van der Waals surface area contributed by atoms with Gasteiger partial charge < -0.3 is 10.2 Å². The quantitative estimate of drug-likeness (QED) is 0.471. The van der Waals surface area contributed by atoms with Crippen molar-refractivity contribution in [2.24, 2.45) is 5.92 Å². The second kappa shape index (κ2) is 9.40. The number of allylic oxidation sites excluding steroid dienone is 1. The van der Waals surface area contributed by atoms with E-state index in [0.717, 1.165) is 32.1 Å². The van der Waals surface area contributed by atoms with Gasteiger partial charge in [0.25, 0.3) is 0 Å². The van der Waals surface area contributed by atoms with E-state index in [1.165, 1.54) is 6.42 Å². The van der Waals surface area contributed by atoms with Crippen molar-refractivity contribution in [2.45, 2.75) is 52.4 Å². The van der Waals surface area contributed by atoms with Crippen LogP contribution in [0.3, 0.4) is 0 Å². The lowest BCUT2D eigenvalue weighted by Crippen LogP contribution is -1.98. The molecule has 0 saturated carbocycles. The summed E-state index contributed by atoms with van der Waals surface area (Å²) in [5, 5.41) is 17.3. The standard InChI is InChI=1S/C13H24O3/c1-11(7-5-3-4-6-10-14)8-9-12(2)13(15)16/h9,11,14H,3-8,10H2,1-2H3,(H,15,16). The number of carboxylic acid groups (broad SMARTS) is 1. The molecule has 2 N–H and O–H groups in total. The van der Waals surface area contributed by atoms with E-state index in [1.54, 1.807) is 13.0 Å². The van der Waals surface area contributed by atoms with E-state index in [9.17, 15) is 4.79 Å². The van der Waals surface area contributed by atoms with E-state index < -0.39 is 5.97 Å². The summed E-state index contributed by atoms with van der Waals surface area (Å²) >= 11 is 0. The minimum absolute atomic E-state index is 0.288. The maximum Gasteiger partial charge on any atom is 0.330 e. The van der Waals surface area contributed by atoms with Crippen LogP contribution in [0.15, 0.2) is 11.6 Å². The van der Waals surface area contributed by atoms with Crippen LogP contribution in [-0.2, 0) is 4.79 Å². The molecule has 0 rings (SSSR count). The van der Waals surface area contributed by atoms with Gasteiger partial charge in [-0.1, -0.05) is 38.7 Å². The zero-order valence-corrected chi connectivity index (χ0v) is 10.4. The molecule has 3 heteroatoms. The first-order valence-corrected chi connectivity index (χ1v) is 6.08. The maximum absolute atomic E-state index is 10.6. The number of aliphatic hydroxyl groups excluding tert-OH is 1. The number of aliphatic carboxylic acids is 1. The third kappa shape index (κ3) is 8.48. The van der Waals surface area contributed by atoms with Gasteiger partial charge in [0, 0.05) is 12.2 Å². The summed E-state index contributed by atoms with van der Waals surface area (Å²) < 4.78 is 0. The summed E-state index contributed by atoms with van der Waals surface area (Å²) in [4.78, 5) is 10.6. The molecule has 3 nitrogen and oxygen atoms in total. The van der Waals surface area contributed by atoms with E-state index >= 15 is 0 Å². The smallest absolute Gasteiger partial charge is 0.330 e. The normalized spacial score (nSPS) is 13.8. The number of rotatable bonds is 9. The van der Waals surface area contributed by atoms with Crippen molar-refractivity contribution in [1.82, 2.24) is 0 Å². The van der Waals surface area contributed by atoms with Crippen molar-refractivity contribution in [3.05, 3.63) is 11.6 Å². The van der Waals surface area contributed by atoms with Crippen molar-refractivity contribution in [3.8, 4) is 0 Å². The molecule has 0 radical (unpaired) electrons. The molecule has 0 bridgehead atoms. The Labute approximate surface area is 98.2 Å². The molecular formula is C13H24O3. The lowest BCUT2D eigenvalue weighted by molar-refractivity contribution is -0.132. The monoisotopic (exact) mass is 228 g/mol. The first-order valence-electron chi connectivity index (χ1n) is 6.08. The minimum Gasteiger partial charge on any atom is -0.478 e. The zero-order valence-electron chi connectivity index (χ0n) is 10.4. The molecule has 0 aromatic rings. The molecule has 0 aliphatic rings. The first-order chi connectivity index (χ1) is 7.57. The van der Waals surface area contributed by atoms with Gasteiger partial charge in [0.1, 0.15) is 0 Å². The molecule has 1 atom stereocenters. The number of unbranched alkanes of at least 4 members (excludes halogenated alkanes) is 3. The highest BCUT2D eigenvalue weighted by molar-refractivity contribution is 5.85. The zero-order chi connectivity index (χ0) is 12.4. The molecule has 0 spiro atoms. The lowest BCUT2D eigenvalue weighted by atomic mass is 9.98. The second-order valence-electron chi connectivity index (χ2n) is 4.46. The van der Waals surface area contributed by atoms with Crippen LogP contribution in [0.5, 0.6) is 0 Å². The van der Waals surface area contributed by atoms with Gasteiger partial charge in [0.2, 0.25) is 0 Å². The topological polar surface area (TPSA) is 57.5 Å². The number of carboxylic acids is 1. The number of carbonyl (C=O) groups is 1. The molecule has 0 fully saturated rings. The van der Waals surface area contributed by atoms with Crippen LogP contribution in [0.2, 0.25) is 0 Å². The third-order valence-electron chi connectivity index (χ3n) is 2.77. The van der Waals surface area contributed by atoms with Crippen LogP contribution in [0, 0.1) is 5.92 Å². The minimum atomic E-state index is -0.824. The molecule has 0 aliphatic heterocycles. The van der Waals surface area contributed by atoms with Crippen molar-refractivity contribution in [1.29, 1.82) is 0 Å². The van der Waals surface area contributed by atoms with E-state index in [0.29, 0.717) is 11.5 Å². The van der Waals surface area contributed by atoms with Crippen LogP contribution in [-0.4, -0.2) is 22.8 Å². The SMILES string of the molecule is CC(=CCC(C)CCCCCCO)C(=O)O. The van der Waals surface area contributed by atoms with Gasteiger partial charge in [0.15, 0.2) is 0 Å². The summed E-state index contributed by atoms with van der Waals surface area (Å²) in [6.45, 7) is 4.07. The summed E-state index contributed by atoms with van der Waals surface area (Å²) in [7, 11) is 0. The van der Waals surface area contributed by atoms with Gasteiger partial charge in [0.05, 0.1) is 0 Å². The first kappa shape index (κ1) is 15.2. The Kier molecular flexibility index (Phi) is 8.91.